The first-order valence-corrected chi connectivity index (χ1v) is 6.39. The van der Waals surface area contributed by atoms with Crippen molar-refractivity contribution in [2.75, 3.05) is 20.8 Å². The lowest BCUT2D eigenvalue weighted by Crippen LogP contribution is -2.22. The van der Waals surface area contributed by atoms with Crippen LogP contribution in [0.2, 0.25) is 0 Å². The number of rotatable bonds is 7. The molecule has 20 heavy (non-hydrogen) atoms. The zero-order chi connectivity index (χ0) is 15.2. The molecular weight excluding hydrogens is 271 g/mol. The summed E-state index contributed by atoms with van der Waals surface area (Å²) in [5, 5.41) is 3.06. The van der Waals surface area contributed by atoms with E-state index in [1.54, 1.807) is 26.4 Å². The van der Waals surface area contributed by atoms with Crippen molar-refractivity contribution >= 4 is 0 Å². The fourth-order valence-corrected chi connectivity index (χ4v) is 1.89. The number of benzene rings is 1. The summed E-state index contributed by atoms with van der Waals surface area (Å²) in [5.74, 6) is 1.33. The molecule has 1 aromatic rings. The largest absolute Gasteiger partial charge is 0.497 e. The molecule has 0 saturated carbocycles. The average Bonchev–Trinajstić information content (AvgIpc) is 2.41. The normalized spacial score (nSPS) is 13.1. The maximum absolute atomic E-state index is 12.0. The highest BCUT2D eigenvalue weighted by atomic mass is 19.4. The van der Waals surface area contributed by atoms with Crippen molar-refractivity contribution in [3.63, 3.8) is 0 Å². The smallest absolute Gasteiger partial charge is 0.389 e. The molecule has 0 fully saturated rings. The predicted octanol–water partition coefficient (Wildman–Crippen LogP) is 3.70. The quantitative estimate of drug-likeness (QED) is 0.777. The van der Waals surface area contributed by atoms with Gasteiger partial charge in [-0.25, -0.2) is 0 Å². The van der Waals surface area contributed by atoms with Crippen LogP contribution >= 0.6 is 0 Å². The van der Waals surface area contributed by atoms with Crippen molar-refractivity contribution in [2.24, 2.45) is 0 Å². The SMILES string of the molecule is COc1ccc(C(C)NCCCC(F)(F)F)c(OC)c1. The molecule has 3 nitrogen and oxygen atoms in total. The summed E-state index contributed by atoms with van der Waals surface area (Å²) in [4.78, 5) is 0. The second-order valence-corrected chi connectivity index (χ2v) is 4.50. The van der Waals surface area contributed by atoms with Gasteiger partial charge in [0.2, 0.25) is 0 Å². The van der Waals surface area contributed by atoms with E-state index in [0.29, 0.717) is 18.0 Å². The molecule has 1 rings (SSSR count). The molecule has 0 amide bonds. The van der Waals surface area contributed by atoms with Crippen LogP contribution in [-0.2, 0) is 0 Å². The van der Waals surface area contributed by atoms with Gasteiger partial charge in [0.15, 0.2) is 0 Å². The molecule has 0 radical (unpaired) electrons. The van der Waals surface area contributed by atoms with Gasteiger partial charge in [-0.1, -0.05) is 6.07 Å². The number of methoxy groups -OCH3 is 2. The summed E-state index contributed by atoms with van der Waals surface area (Å²) in [6.45, 7) is 2.19. The van der Waals surface area contributed by atoms with Gasteiger partial charge in [0.25, 0.3) is 0 Å². The standard InChI is InChI=1S/C14H20F3NO2/c1-10(18-8-4-7-14(15,16)17)12-6-5-11(19-2)9-13(12)20-3/h5-6,9-10,18H,4,7-8H2,1-3H3. The summed E-state index contributed by atoms with van der Waals surface area (Å²) >= 11 is 0. The molecule has 0 aliphatic rings. The minimum atomic E-state index is -4.09. The first-order valence-electron chi connectivity index (χ1n) is 6.39. The van der Waals surface area contributed by atoms with E-state index in [2.05, 4.69) is 5.32 Å². The van der Waals surface area contributed by atoms with E-state index in [1.807, 2.05) is 13.0 Å². The van der Waals surface area contributed by atoms with Gasteiger partial charge in [-0.3, -0.25) is 0 Å². The number of halogens is 3. The Morgan fingerprint density at radius 1 is 1.20 bits per heavy atom. The van der Waals surface area contributed by atoms with Crippen molar-refractivity contribution in [1.29, 1.82) is 0 Å². The molecule has 1 unspecified atom stereocenters. The Balaban J connectivity index is 2.56. The molecule has 0 spiro atoms. The van der Waals surface area contributed by atoms with E-state index in [-0.39, 0.29) is 12.5 Å². The highest BCUT2D eigenvalue weighted by Crippen LogP contribution is 2.29. The van der Waals surface area contributed by atoms with E-state index >= 15 is 0 Å². The molecule has 1 atom stereocenters. The molecule has 0 bridgehead atoms. The van der Waals surface area contributed by atoms with Crippen LogP contribution in [0.4, 0.5) is 13.2 Å². The molecule has 0 saturated heterocycles. The van der Waals surface area contributed by atoms with Gasteiger partial charge in [-0.05, 0) is 26.0 Å². The minimum absolute atomic E-state index is 0.0618. The van der Waals surface area contributed by atoms with Crippen LogP contribution in [0.25, 0.3) is 0 Å². The molecule has 1 N–H and O–H groups in total. The number of ether oxygens (including phenoxy) is 2. The summed E-state index contributed by atoms with van der Waals surface area (Å²) in [6, 6.07) is 5.30. The molecule has 0 aliphatic carbocycles. The Bertz CT molecular complexity index is 421. The Labute approximate surface area is 117 Å². The van der Waals surface area contributed by atoms with Crippen LogP contribution in [0.3, 0.4) is 0 Å². The van der Waals surface area contributed by atoms with Crippen LogP contribution in [0.15, 0.2) is 18.2 Å². The van der Waals surface area contributed by atoms with Crippen LogP contribution in [-0.4, -0.2) is 26.9 Å². The Kier molecular flexibility index (Phi) is 6.13. The first kappa shape index (κ1) is 16.6. The molecule has 114 valence electrons. The Morgan fingerprint density at radius 3 is 2.45 bits per heavy atom. The highest BCUT2D eigenvalue weighted by Gasteiger charge is 2.26. The topological polar surface area (TPSA) is 30.5 Å². The monoisotopic (exact) mass is 291 g/mol. The third-order valence-electron chi connectivity index (χ3n) is 2.99. The zero-order valence-electron chi connectivity index (χ0n) is 11.9. The third-order valence-corrected chi connectivity index (χ3v) is 2.99. The highest BCUT2D eigenvalue weighted by molar-refractivity contribution is 5.42. The predicted molar refractivity (Wildman–Crippen MR) is 71.3 cm³/mol. The van der Waals surface area contributed by atoms with Crippen LogP contribution in [0.1, 0.15) is 31.4 Å². The molecular formula is C14H20F3NO2. The molecule has 6 heteroatoms. The third kappa shape index (κ3) is 5.28. The van der Waals surface area contributed by atoms with Crippen molar-refractivity contribution in [1.82, 2.24) is 5.32 Å². The molecule has 0 aromatic heterocycles. The lowest BCUT2D eigenvalue weighted by Gasteiger charge is -2.18. The molecule has 1 aromatic carbocycles. The van der Waals surface area contributed by atoms with Gasteiger partial charge in [-0.15, -0.1) is 0 Å². The maximum atomic E-state index is 12.0. The average molecular weight is 291 g/mol. The fraction of sp³-hybridized carbons (Fsp3) is 0.571. The molecule has 0 aliphatic heterocycles. The minimum Gasteiger partial charge on any atom is -0.497 e. The maximum Gasteiger partial charge on any atom is 0.389 e. The van der Waals surface area contributed by atoms with E-state index in [0.717, 1.165) is 5.56 Å². The van der Waals surface area contributed by atoms with Crippen molar-refractivity contribution in [3.05, 3.63) is 23.8 Å². The van der Waals surface area contributed by atoms with Crippen molar-refractivity contribution < 1.29 is 22.6 Å². The number of hydrogen-bond donors (Lipinski definition) is 1. The number of alkyl halides is 3. The van der Waals surface area contributed by atoms with Gasteiger partial charge < -0.3 is 14.8 Å². The van der Waals surface area contributed by atoms with Gasteiger partial charge in [-0.2, -0.15) is 13.2 Å². The lowest BCUT2D eigenvalue weighted by atomic mass is 10.1. The van der Waals surface area contributed by atoms with Gasteiger partial charge in [0.1, 0.15) is 11.5 Å². The second-order valence-electron chi connectivity index (χ2n) is 4.50. The second kappa shape index (κ2) is 7.38. The Hall–Kier alpha value is -1.43. The van der Waals surface area contributed by atoms with Crippen LogP contribution in [0.5, 0.6) is 11.5 Å². The van der Waals surface area contributed by atoms with E-state index < -0.39 is 12.6 Å². The summed E-state index contributed by atoms with van der Waals surface area (Å²) in [5.41, 5.74) is 0.889. The lowest BCUT2D eigenvalue weighted by molar-refractivity contribution is -0.135. The van der Waals surface area contributed by atoms with E-state index in [1.165, 1.54) is 0 Å². The van der Waals surface area contributed by atoms with Crippen molar-refractivity contribution in [3.8, 4) is 11.5 Å². The van der Waals surface area contributed by atoms with E-state index in [9.17, 15) is 13.2 Å². The molecule has 0 heterocycles. The van der Waals surface area contributed by atoms with Crippen LogP contribution in [0, 0.1) is 0 Å². The summed E-state index contributed by atoms with van der Waals surface area (Å²) in [7, 11) is 3.11. The van der Waals surface area contributed by atoms with Crippen LogP contribution < -0.4 is 14.8 Å². The number of hydrogen-bond acceptors (Lipinski definition) is 3. The summed E-state index contributed by atoms with van der Waals surface area (Å²) in [6.07, 6.45) is -4.80. The zero-order valence-corrected chi connectivity index (χ0v) is 11.9. The fourth-order valence-electron chi connectivity index (χ4n) is 1.89. The van der Waals surface area contributed by atoms with Gasteiger partial charge in [0.05, 0.1) is 14.2 Å². The summed E-state index contributed by atoms with van der Waals surface area (Å²) < 4.78 is 46.5. The van der Waals surface area contributed by atoms with E-state index in [4.69, 9.17) is 9.47 Å². The van der Waals surface area contributed by atoms with Gasteiger partial charge >= 0.3 is 6.18 Å². The van der Waals surface area contributed by atoms with Gasteiger partial charge in [0, 0.05) is 24.1 Å². The van der Waals surface area contributed by atoms with Crippen molar-refractivity contribution in [2.45, 2.75) is 32.0 Å². The first-order chi connectivity index (χ1) is 9.37. The number of nitrogens with one attached hydrogen (secondary N) is 1. The Morgan fingerprint density at radius 2 is 1.90 bits per heavy atom.